The number of hydrogen-bond donors (Lipinski definition) is 1. The quantitative estimate of drug-likeness (QED) is 0.931. The van der Waals surface area contributed by atoms with Crippen LogP contribution in [0.25, 0.3) is 0 Å². The van der Waals surface area contributed by atoms with Gasteiger partial charge in [-0.3, -0.25) is 4.98 Å². The smallest absolute Gasteiger partial charge is 0.0635 e. The van der Waals surface area contributed by atoms with E-state index in [1.54, 1.807) is 6.20 Å². The van der Waals surface area contributed by atoms with Gasteiger partial charge in [0.2, 0.25) is 0 Å². The van der Waals surface area contributed by atoms with Gasteiger partial charge >= 0.3 is 0 Å². The molecule has 1 aromatic rings. The van der Waals surface area contributed by atoms with Crippen LogP contribution >= 0.6 is 15.9 Å². The Morgan fingerprint density at radius 3 is 3.00 bits per heavy atom. The molecule has 2 aliphatic rings. The lowest BCUT2D eigenvalue weighted by Gasteiger charge is -2.24. The normalized spacial score (nSPS) is 32.9. The molecule has 0 saturated carbocycles. The zero-order chi connectivity index (χ0) is 11.8. The summed E-state index contributed by atoms with van der Waals surface area (Å²) in [6.45, 7) is 0. The number of fused-ring (bicyclic) bond motifs is 2. The van der Waals surface area contributed by atoms with Crippen molar-refractivity contribution < 1.29 is 9.84 Å². The Labute approximate surface area is 109 Å². The minimum absolute atomic E-state index is 0.287. The molecule has 4 heteroatoms. The number of halogens is 1. The fourth-order valence-corrected chi connectivity index (χ4v) is 3.45. The molecular formula is C13H16BrNO2. The van der Waals surface area contributed by atoms with Crippen LogP contribution in [0.15, 0.2) is 22.9 Å². The van der Waals surface area contributed by atoms with Gasteiger partial charge in [-0.15, -0.1) is 0 Å². The third-order valence-electron chi connectivity index (χ3n) is 3.85. The summed E-state index contributed by atoms with van der Waals surface area (Å²) in [4.78, 5) is 4.12. The summed E-state index contributed by atoms with van der Waals surface area (Å²) in [5.41, 5.74) is 1.08. The van der Waals surface area contributed by atoms with Crippen LogP contribution in [0.2, 0.25) is 0 Å². The first-order valence-electron chi connectivity index (χ1n) is 6.15. The molecule has 2 aliphatic heterocycles. The number of aromatic nitrogens is 1. The van der Waals surface area contributed by atoms with Crippen LogP contribution in [0.1, 0.15) is 24.8 Å². The van der Waals surface area contributed by atoms with E-state index in [0.717, 1.165) is 22.9 Å². The van der Waals surface area contributed by atoms with Gasteiger partial charge in [0, 0.05) is 29.2 Å². The summed E-state index contributed by atoms with van der Waals surface area (Å²) in [6, 6.07) is 2.02. The number of ether oxygens (including phenoxy) is 1. The van der Waals surface area contributed by atoms with Gasteiger partial charge < -0.3 is 9.84 Å². The molecule has 0 spiro atoms. The van der Waals surface area contributed by atoms with E-state index < -0.39 is 0 Å². The highest BCUT2D eigenvalue weighted by molar-refractivity contribution is 9.10. The second-order valence-electron chi connectivity index (χ2n) is 5.06. The number of aliphatic hydroxyl groups is 1. The number of aliphatic hydroxyl groups excluding tert-OH is 1. The van der Waals surface area contributed by atoms with Crippen LogP contribution in [0.4, 0.5) is 0 Å². The van der Waals surface area contributed by atoms with Gasteiger partial charge in [-0.1, -0.05) is 0 Å². The highest BCUT2D eigenvalue weighted by Gasteiger charge is 2.43. The monoisotopic (exact) mass is 297 g/mol. The van der Waals surface area contributed by atoms with Crippen LogP contribution in [0, 0.1) is 5.92 Å². The molecule has 3 heterocycles. The van der Waals surface area contributed by atoms with Crippen molar-refractivity contribution in [2.24, 2.45) is 5.92 Å². The fourth-order valence-electron chi connectivity index (χ4n) is 3.04. The summed E-state index contributed by atoms with van der Waals surface area (Å²) in [7, 11) is 0. The highest BCUT2D eigenvalue weighted by Crippen LogP contribution is 2.40. The molecule has 3 nitrogen and oxygen atoms in total. The second-order valence-corrected chi connectivity index (χ2v) is 5.97. The molecule has 0 aromatic carbocycles. The van der Waals surface area contributed by atoms with E-state index in [0.29, 0.717) is 18.4 Å². The van der Waals surface area contributed by atoms with Crippen molar-refractivity contribution in [1.29, 1.82) is 0 Å². The van der Waals surface area contributed by atoms with Crippen LogP contribution in [-0.2, 0) is 11.2 Å². The maximum atomic E-state index is 10.3. The average Bonchev–Trinajstić information content (AvgIpc) is 2.90. The molecule has 4 atom stereocenters. The summed E-state index contributed by atoms with van der Waals surface area (Å²) in [5, 5.41) is 10.3. The summed E-state index contributed by atoms with van der Waals surface area (Å²) in [6.07, 6.45) is 7.95. The third-order valence-corrected chi connectivity index (χ3v) is 4.29. The molecule has 2 saturated heterocycles. The van der Waals surface area contributed by atoms with Crippen molar-refractivity contribution in [3.63, 3.8) is 0 Å². The molecular weight excluding hydrogens is 282 g/mol. The van der Waals surface area contributed by atoms with Gasteiger partial charge in [0.05, 0.1) is 18.3 Å². The predicted molar refractivity (Wildman–Crippen MR) is 67.6 cm³/mol. The van der Waals surface area contributed by atoms with E-state index in [1.807, 2.05) is 12.3 Å². The minimum atomic E-state index is -0.304. The van der Waals surface area contributed by atoms with E-state index in [-0.39, 0.29) is 12.2 Å². The Balaban J connectivity index is 1.65. The van der Waals surface area contributed by atoms with Gasteiger partial charge in [-0.2, -0.15) is 0 Å². The Morgan fingerprint density at radius 2 is 2.35 bits per heavy atom. The predicted octanol–water partition coefficient (Wildman–Crippen LogP) is 2.32. The van der Waals surface area contributed by atoms with Crippen molar-refractivity contribution in [3.8, 4) is 0 Å². The molecule has 2 bridgehead atoms. The lowest BCUT2D eigenvalue weighted by atomic mass is 9.83. The number of rotatable bonds is 3. The topological polar surface area (TPSA) is 42.4 Å². The van der Waals surface area contributed by atoms with E-state index in [4.69, 9.17) is 4.74 Å². The molecule has 1 aromatic heterocycles. The molecule has 92 valence electrons. The minimum Gasteiger partial charge on any atom is -0.392 e. The first-order chi connectivity index (χ1) is 8.22. The van der Waals surface area contributed by atoms with Gasteiger partial charge in [-0.25, -0.2) is 0 Å². The fraction of sp³-hybridized carbons (Fsp3) is 0.615. The Kier molecular flexibility index (Phi) is 3.19. The SMILES string of the molecule is OC(Cc1cncc(Br)c1)C1CC2CCC1O2. The standard InChI is InChI=1S/C13H16BrNO2/c14-9-3-8(6-15-7-9)4-12(16)11-5-10-1-2-13(11)17-10/h3,6-7,10-13,16H,1-2,4-5H2. The molecule has 2 fully saturated rings. The molecule has 0 amide bonds. The lowest BCUT2D eigenvalue weighted by Crippen LogP contribution is -2.31. The van der Waals surface area contributed by atoms with Gasteiger partial charge in [-0.05, 0) is 46.8 Å². The highest BCUT2D eigenvalue weighted by atomic mass is 79.9. The van der Waals surface area contributed by atoms with Crippen molar-refractivity contribution >= 4 is 15.9 Å². The third kappa shape index (κ3) is 2.39. The van der Waals surface area contributed by atoms with Gasteiger partial charge in [0.15, 0.2) is 0 Å². The first-order valence-corrected chi connectivity index (χ1v) is 6.94. The number of nitrogens with zero attached hydrogens (tertiary/aromatic N) is 1. The Bertz CT molecular complexity index is 412. The van der Waals surface area contributed by atoms with Crippen molar-refractivity contribution in [3.05, 3.63) is 28.5 Å². The Morgan fingerprint density at radius 1 is 1.47 bits per heavy atom. The van der Waals surface area contributed by atoms with Gasteiger partial charge in [0.25, 0.3) is 0 Å². The maximum absolute atomic E-state index is 10.3. The van der Waals surface area contributed by atoms with E-state index in [9.17, 15) is 5.11 Å². The molecule has 17 heavy (non-hydrogen) atoms. The lowest BCUT2D eigenvalue weighted by molar-refractivity contribution is 0.0431. The summed E-state index contributed by atoms with van der Waals surface area (Å²) >= 11 is 3.40. The van der Waals surface area contributed by atoms with Crippen LogP contribution < -0.4 is 0 Å². The van der Waals surface area contributed by atoms with E-state index >= 15 is 0 Å². The molecule has 0 aliphatic carbocycles. The molecule has 0 radical (unpaired) electrons. The maximum Gasteiger partial charge on any atom is 0.0635 e. The summed E-state index contributed by atoms with van der Waals surface area (Å²) in [5.74, 6) is 0.313. The zero-order valence-electron chi connectivity index (χ0n) is 9.55. The summed E-state index contributed by atoms with van der Waals surface area (Å²) < 4.78 is 6.75. The molecule has 4 unspecified atom stereocenters. The Hall–Kier alpha value is -0.450. The van der Waals surface area contributed by atoms with Crippen molar-refractivity contribution in [2.45, 2.75) is 44.0 Å². The first kappa shape index (κ1) is 11.6. The van der Waals surface area contributed by atoms with E-state index in [2.05, 4.69) is 20.9 Å². The van der Waals surface area contributed by atoms with Crippen LogP contribution in [0.3, 0.4) is 0 Å². The molecule has 1 N–H and O–H groups in total. The molecule has 3 rings (SSSR count). The van der Waals surface area contributed by atoms with E-state index in [1.165, 1.54) is 6.42 Å². The largest absolute Gasteiger partial charge is 0.392 e. The van der Waals surface area contributed by atoms with Crippen LogP contribution in [0.5, 0.6) is 0 Å². The van der Waals surface area contributed by atoms with Gasteiger partial charge in [0.1, 0.15) is 0 Å². The van der Waals surface area contributed by atoms with Crippen molar-refractivity contribution in [2.75, 3.05) is 0 Å². The second kappa shape index (κ2) is 4.67. The van der Waals surface area contributed by atoms with Crippen LogP contribution in [-0.4, -0.2) is 28.4 Å². The zero-order valence-corrected chi connectivity index (χ0v) is 11.1. The van der Waals surface area contributed by atoms with Crippen molar-refractivity contribution in [1.82, 2.24) is 4.98 Å². The number of pyridine rings is 1. The average molecular weight is 298 g/mol. The number of hydrogen-bond acceptors (Lipinski definition) is 3.